The first-order valence-corrected chi connectivity index (χ1v) is 7.76. The van der Waals surface area contributed by atoms with Crippen molar-refractivity contribution in [2.75, 3.05) is 0 Å². The van der Waals surface area contributed by atoms with Gasteiger partial charge >= 0.3 is 6.18 Å². The van der Waals surface area contributed by atoms with E-state index in [-0.39, 0.29) is 10.3 Å². The fraction of sp³-hybridized carbons (Fsp3) is 0.0667. The summed E-state index contributed by atoms with van der Waals surface area (Å²) >= 11 is 6.42. The number of benzene rings is 2. The highest BCUT2D eigenvalue weighted by atomic mass is 32.2. The van der Waals surface area contributed by atoms with Crippen LogP contribution in [0.15, 0.2) is 51.0 Å². The molecular formula is C15H7F3N2OS2. The second-order valence-corrected chi connectivity index (χ2v) is 6.50. The summed E-state index contributed by atoms with van der Waals surface area (Å²) in [7, 11) is 0. The normalized spacial score (nSPS) is 13.2. The van der Waals surface area contributed by atoms with Crippen LogP contribution in [0.4, 0.5) is 13.2 Å². The molecule has 1 N–H and O–H groups in total. The van der Waals surface area contributed by atoms with Crippen molar-refractivity contribution in [1.82, 2.24) is 9.55 Å². The lowest BCUT2D eigenvalue weighted by Gasteiger charge is -2.23. The van der Waals surface area contributed by atoms with Gasteiger partial charge in [-0.05, 0) is 42.5 Å². The summed E-state index contributed by atoms with van der Waals surface area (Å²) < 4.78 is 40.6. The van der Waals surface area contributed by atoms with Gasteiger partial charge in [0.25, 0.3) is 5.56 Å². The molecule has 1 aliphatic heterocycles. The average Bonchev–Trinajstić information content (AvgIpc) is 2.49. The summed E-state index contributed by atoms with van der Waals surface area (Å²) in [5, 5.41) is 0.453. The third-order valence-electron chi connectivity index (χ3n) is 3.64. The van der Waals surface area contributed by atoms with Gasteiger partial charge in [0.1, 0.15) is 0 Å². The summed E-state index contributed by atoms with van der Waals surface area (Å²) in [4.78, 5) is 15.8. The van der Waals surface area contributed by atoms with Gasteiger partial charge < -0.3 is 0 Å². The molecule has 0 saturated heterocycles. The molecule has 1 aliphatic rings. The quantitative estimate of drug-likeness (QED) is 0.473. The maximum atomic E-state index is 12.9. The SMILES string of the molecule is O=c1[nH]c(=S)n2c3c(cccc13)Sc1cc(C(F)(F)F)ccc1-2. The molecule has 0 atom stereocenters. The predicted octanol–water partition coefficient (Wildman–Crippen LogP) is 4.53. The highest BCUT2D eigenvalue weighted by molar-refractivity contribution is 7.99. The smallest absolute Gasteiger partial charge is 0.298 e. The number of alkyl halides is 3. The van der Waals surface area contributed by atoms with Crippen LogP contribution < -0.4 is 5.56 Å². The molecule has 23 heavy (non-hydrogen) atoms. The molecule has 1 aromatic heterocycles. The topological polar surface area (TPSA) is 37.8 Å². The Balaban J connectivity index is 2.12. The third kappa shape index (κ3) is 2.13. The number of para-hydroxylation sites is 1. The first-order valence-electron chi connectivity index (χ1n) is 6.54. The molecule has 2 aromatic carbocycles. The summed E-state index contributed by atoms with van der Waals surface area (Å²) in [6, 6.07) is 8.64. The fourth-order valence-corrected chi connectivity index (χ4v) is 4.06. The average molecular weight is 352 g/mol. The Kier molecular flexibility index (Phi) is 2.98. The fourth-order valence-electron chi connectivity index (χ4n) is 2.65. The van der Waals surface area contributed by atoms with Crippen LogP contribution in [0.5, 0.6) is 0 Å². The van der Waals surface area contributed by atoms with Gasteiger partial charge in [-0.3, -0.25) is 14.3 Å². The van der Waals surface area contributed by atoms with E-state index < -0.39 is 11.7 Å². The van der Waals surface area contributed by atoms with Crippen LogP contribution in [0.1, 0.15) is 5.56 Å². The largest absolute Gasteiger partial charge is 0.416 e. The molecule has 3 aromatic rings. The maximum Gasteiger partial charge on any atom is 0.416 e. The third-order valence-corrected chi connectivity index (χ3v) is 5.02. The number of nitrogens with zero attached hydrogens (tertiary/aromatic N) is 1. The van der Waals surface area contributed by atoms with Gasteiger partial charge in [0.05, 0.1) is 22.2 Å². The Bertz CT molecular complexity index is 1080. The van der Waals surface area contributed by atoms with Crippen LogP contribution in [0, 0.1) is 4.77 Å². The Morgan fingerprint density at radius 1 is 1.13 bits per heavy atom. The molecule has 4 rings (SSSR count). The van der Waals surface area contributed by atoms with Gasteiger partial charge in [-0.2, -0.15) is 13.2 Å². The maximum absolute atomic E-state index is 12.9. The first kappa shape index (κ1) is 14.5. The minimum absolute atomic E-state index is 0.163. The van der Waals surface area contributed by atoms with Crippen molar-refractivity contribution in [2.24, 2.45) is 0 Å². The minimum Gasteiger partial charge on any atom is -0.298 e. The van der Waals surface area contributed by atoms with E-state index in [9.17, 15) is 18.0 Å². The highest BCUT2D eigenvalue weighted by Crippen LogP contribution is 2.43. The Morgan fingerprint density at radius 3 is 2.65 bits per heavy atom. The summed E-state index contributed by atoms with van der Waals surface area (Å²) in [5.41, 5.74) is 0.140. The molecule has 0 unspecified atom stereocenters. The van der Waals surface area contributed by atoms with Crippen LogP contribution >= 0.6 is 24.0 Å². The minimum atomic E-state index is -4.41. The summed E-state index contributed by atoms with van der Waals surface area (Å²) in [5.74, 6) is 0. The van der Waals surface area contributed by atoms with E-state index in [1.165, 1.54) is 17.8 Å². The summed E-state index contributed by atoms with van der Waals surface area (Å²) in [6.45, 7) is 0. The second kappa shape index (κ2) is 4.72. The number of halogens is 3. The van der Waals surface area contributed by atoms with E-state index in [1.807, 2.05) is 0 Å². The van der Waals surface area contributed by atoms with Gasteiger partial charge in [-0.15, -0.1) is 0 Å². The van der Waals surface area contributed by atoms with Gasteiger partial charge in [-0.25, -0.2) is 0 Å². The molecule has 0 aliphatic carbocycles. The molecular weight excluding hydrogens is 345 g/mol. The van der Waals surface area contributed by atoms with Crippen molar-refractivity contribution in [1.29, 1.82) is 0 Å². The number of fused-ring (bicyclic) bond motifs is 2. The predicted molar refractivity (Wildman–Crippen MR) is 83.9 cm³/mol. The van der Waals surface area contributed by atoms with Gasteiger partial charge in [0.2, 0.25) is 0 Å². The van der Waals surface area contributed by atoms with Crippen molar-refractivity contribution < 1.29 is 13.2 Å². The van der Waals surface area contributed by atoms with E-state index >= 15 is 0 Å². The Labute approximate surface area is 136 Å². The van der Waals surface area contributed by atoms with Crippen LogP contribution in [-0.4, -0.2) is 9.55 Å². The van der Waals surface area contributed by atoms with Crippen molar-refractivity contribution in [3.05, 3.63) is 57.1 Å². The molecule has 0 bridgehead atoms. The number of H-pyrrole nitrogens is 1. The van der Waals surface area contributed by atoms with E-state index in [1.54, 1.807) is 22.8 Å². The zero-order valence-corrected chi connectivity index (χ0v) is 12.9. The van der Waals surface area contributed by atoms with E-state index in [2.05, 4.69) is 4.98 Å². The number of nitrogens with one attached hydrogen (secondary N) is 1. The van der Waals surface area contributed by atoms with E-state index in [0.29, 0.717) is 26.4 Å². The standard InChI is InChI=1S/C15H7F3N2OS2/c16-15(17,18)7-4-5-9-11(6-7)23-10-3-1-2-8-12(10)20(9)14(22)19-13(8)21/h1-6H,(H,19,21,22). The lowest BCUT2D eigenvalue weighted by Crippen LogP contribution is -2.17. The molecule has 0 spiro atoms. The number of rotatable bonds is 0. The first-order chi connectivity index (χ1) is 10.9. The lowest BCUT2D eigenvalue weighted by atomic mass is 10.1. The van der Waals surface area contributed by atoms with Crippen LogP contribution in [0.25, 0.3) is 16.6 Å². The highest BCUT2D eigenvalue weighted by Gasteiger charge is 2.32. The van der Waals surface area contributed by atoms with Crippen molar-refractivity contribution in [2.45, 2.75) is 16.0 Å². The number of aromatic amines is 1. The molecule has 8 heteroatoms. The van der Waals surface area contributed by atoms with Crippen LogP contribution in [-0.2, 0) is 6.18 Å². The summed E-state index contributed by atoms with van der Waals surface area (Å²) in [6.07, 6.45) is -4.41. The number of hydrogen-bond donors (Lipinski definition) is 1. The lowest BCUT2D eigenvalue weighted by molar-refractivity contribution is -0.137. The molecule has 0 saturated carbocycles. The van der Waals surface area contributed by atoms with Crippen LogP contribution in [0.3, 0.4) is 0 Å². The van der Waals surface area contributed by atoms with E-state index in [4.69, 9.17) is 12.2 Å². The van der Waals surface area contributed by atoms with Gasteiger partial charge in [0, 0.05) is 9.79 Å². The van der Waals surface area contributed by atoms with Crippen LogP contribution in [0.2, 0.25) is 0 Å². The number of hydrogen-bond acceptors (Lipinski definition) is 3. The molecule has 0 amide bonds. The van der Waals surface area contributed by atoms with Gasteiger partial charge in [-0.1, -0.05) is 17.8 Å². The molecule has 3 nitrogen and oxygen atoms in total. The van der Waals surface area contributed by atoms with Crippen molar-refractivity contribution in [3.8, 4) is 5.69 Å². The van der Waals surface area contributed by atoms with Crippen molar-refractivity contribution in [3.63, 3.8) is 0 Å². The van der Waals surface area contributed by atoms with Gasteiger partial charge in [0.15, 0.2) is 4.77 Å². The molecule has 116 valence electrons. The monoisotopic (exact) mass is 352 g/mol. The molecule has 0 radical (unpaired) electrons. The molecule has 2 heterocycles. The zero-order chi connectivity index (χ0) is 16.4. The Hall–Kier alpha value is -2.06. The Morgan fingerprint density at radius 2 is 1.91 bits per heavy atom. The van der Waals surface area contributed by atoms with E-state index in [0.717, 1.165) is 12.1 Å². The second-order valence-electron chi connectivity index (χ2n) is 5.03. The molecule has 0 fully saturated rings. The van der Waals surface area contributed by atoms with Crippen molar-refractivity contribution >= 4 is 34.9 Å². The zero-order valence-electron chi connectivity index (χ0n) is 11.3. The number of aromatic nitrogens is 2.